The van der Waals surface area contributed by atoms with Gasteiger partial charge in [-0.25, -0.2) is 5.10 Å². The van der Waals surface area contributed by atoms with Gasteiger partial charge in [-0.3, -0.25) is 19.7 Å². The molecule has 1 fully saturated rings. The molecular weight excluding hydrogens is 392 g/mol. The van der Waals surface area contributed by atoms with E-state index in [0.29, 0.717) is 17.6 Å². The van der Waals surface area contributed by atoms with E-state index >= 15 is 0 Å². The topological polar surface area (TPSA) is 108 Å². The molecule has 156 valence electrons. The van der Waals surface area contributed by atoms with Crippen LogP contribution in [0.4, 0.5) is 0 Å². The summed E-state index contributed by atoms with van der Waals surface area (Å²) < 4.78 is 0. The summed E-state index contributed by atoms with van der Waals surface area (Å²) in [6.45, 7) is 1.34. The Morgan fingerprint density at radius 2 is 1.90 bits per heavy atom. The number of carbonyl (C=O) groups is 1. The number of nitrogens with one attached hydrogen (secondary N) is 2. The monoisotopic (exact) mass is 414 g/mol. The fourth-order valence-corrected chi connectivity index (χ4v) is 4.37. The number of hydrogen-bond acceptors (Lipinski definition) is 5. The summed E-state index contributed by atoms with van der Waals surface area (Å²) in [6.07, 6.45) is 7.44. The molecule has 0 unspecified atom stereocenters. The molecule has 0 aliphatic carbocycles. The summed E-state index contributed by atoms with van der Waals surface area (Å²) in [5, 5.41) is 15.4. The second kappa shape index (κ2) is 8.14. The second-order valence-corrected chi connectivity index (χ2v) is 7.83. The van der Waals surface area contributed by atoms with Gasteiger partial charge in [-0.15, -0.1) is 0 Å². The van der Waals surface area contributed by atoms with Gasteiger partial charge in [-0.2, -0.15) is 10.2 Å². The average Bonchev–Trinajstić information content (AvgIpc) is 3.32. The third-order valence-corrected chi connectivity index (χ3v) is 5.94. The summed E-state index contributed by atoms with van der Waals surface area (Å²) >= 11 is 0. The minimum absolute atomic E-state index is 0.0133. The van der Waals surface area contributed by atoms with Crippen molar-refractivity contribution >= 4 is 16.7 Å². The molecule has 0 radical (unpaired) electrons. The predicted molar refractivity (Wildman–Crippen MR) is 116 cm³/mol. The Kier molecular flexibility index (Phi) is 5.03. The number of carbonyl (C=O) groups excluding carboxylic acids is 1. The number of benzene rings is 1. The summed E-state index contributed by atoms with van der Waals surface area (Å²) in [7, 11) is 0. The first kappa shape index (κ1) is 19.2. The molecule has 5 rings (SSSR count). The Balaban J connectivity index is 1.36. The molecule has 4 heterocycles. The van der Waals surface area contributed by atoms with E-state index in [-0.39, 0.29) is 23.8 Å². The highest BCUT2D eigenvalue weighted by atomic mass is 16.2. The Morgan fingerprint density at radius 3 is 2.74 bits per heavy atom. The Morgan fingerprint density at radius 1 is 1.10 bits per heavy atom. The molecule has 31 heavy (non-hydrogen) atoms. The van der Waals surface area contributed by atoms with Gasteiger partial charge in [0, 0.05) is 48.0 Å². The van der Waals surface area contributed by atoms with E-state index in [2.05, 4.69) is 25.4 Å². The van der Waals surface area contributed by atoms with E-state index in [1.54, 1.807) is 18.5 Å². The zero-order valence-corrected chi connectivity index (χ0v) is 16.9. The second-order valence-electron chi connectivity index (χ2n) is 7.83. The van der Waals surface area contributed by atoms with Gasteiger partial charge >= 0.3 is 0 Å². The predicted octanol–water partition coefficient (Wildman–Crippen LogP) is 2.66. The number of nitrogens with zero attached hydrogens (tertiary/aromatic N) is 4. The summed E-state index contributed by atoms with van der Waals surface area (Å²) in [5.41, 5.74) is 3.52. The number of H-pyrrole nitrogens is 2. The third-order valence-electron chi connectivity index (χ3n) is 5.94. The molecule has 1 saturated heterocycles. The maximum Gasteiger partial charge on any atom is 0.272 e. The van der Waals surface area contributed by atoms with Gasteiger partial charge in [0.15, 0.2) is 0 Å². The van der Waals surface area contributed by atoms with Crippen LogP contribution < -0.4 is 5.56 Å². The lowest BCUT2D eigenvalue weighted by Gasteiger charge is -2.33. The zero-order valence-electron chi connectivity index (χ0n) is 16.9. The third kappa shape index (κ3) is 3.72. The lowest BCUT2D eigenvalue weighted by molar-refractivity contribution is -0.131. The quantitative estimate of drug-likeness (QED) is 0.534. The number of aromatic amines is 2. The van der Waals surface area contributed by atoms with Gasteiger partial charge in [-0.1, -0.05) is 18.2 Å². The van der Waals surface area contributed by atoms with Gasteiger partial charge in [0.2, 0.25) is 5.91 Å². The highest BCUT2D eigenvalue weighted by molar-refractivity contribution is 5.88. The molecule has 0 saturated carbocycles. The minimum atomic E-state index is -0.243. The summed E-state index contributed by atoms with van der Waals surface area (Å²) in [4.78, 5) is 31.1. The van der Waals surface area contributed by atoms with E-state index in [1.165, 1.54) is 0 Å². The normalized spacial score (nSPS) is 16.5. The van der Waals surface area contributed by atoms with Crippen LogP contribution in [0.15, 0.2) is 59.8 Å². The van der Waals surface area contributed by atoms with Crippen LogP contribution >= 0.6 is 0 Å². The van der Waals surface area contributed by atoms with Crippen molar-refractivity contribution in [1.82, 2.24) is 30.3 Å². The van der Waals surface area contributed by atoms with Crippen LogP contribution in [0.25, 0.3) is 21.9 Å². The van der Waals surface area contributed by atoms with Crippen LogP contribution in [0.1, 0.15) is 30.1 Å². The number of pyridine rings is 1. The molecule has 4 aromatic rings. The molecule has 1 aliphatic rings. The van der Waals surface area contributed by atoms with Crippen LogP contribution in [0.5, 0.6) is 0 Å². The SMILES string of the molecule is O=C(Cc1n[nH]c(=O)c2ccccc12)N1CCC[C@@H](c2[nH]ncc2-c2ccncc2)C1. The van der Waals surface area contributed by atoms with E-state index in [9.17, 15) is 9.59 Å². The molecular formula is C23H22N6O2. The van der Waals surface area contributed by atoms with Crippen molar-refractivity contribution in [3.63, 3.8) is 0 Å². The largest absolute Gasteiger partial charge is 0.342 e. The number of fused-ring (bicyclic) bond motifs is 1. The van der Waals surface area contributed by atoms with Crippen molar-refractivity contribution in [3.05, 3.63) is 76.7 Å². The molecule has 8 nitrogen and oxygen atoms in total. The molecule has 1 aromatic carbocycles. The highest BCUT2D eigenvalue weighted by Crippen LogP contribution is 2.33. The summed E-state index contributed by atoms with van der Waals surface area (Å²) in [6, 6.07) is 11.2. The molecule has 1 amide bonds. The Hall–Kier alpha value is -3.81. The lowest BCUT2D eigenvalue weighted by atomic mass is 9.90. The number of hydrogen-bond donors (Lipinski definition) is 2. The van der Waals surface area contributed by atoms with Crippen molar-refractivity contribution in [2.45, 2.75) is 25.2 Å². The maximum atomic E-state index is 13.1. The van der Waals surface area contributed by atoms with Crippen molar-refractivity contribution < 1.29 is 4.79 Å². The fourth-order valence-electron chi connectivity index (χ4n) is 4.37. The van der Waals surface area contributed by atoms with E-state index in [1.807, 2.05) is 41.4 Å². The molecule has 1 atom stereocenters. The van der Waals surface area contributed by atoms with Crippen LogP contribution in [0.2, 0.25) is 0 Å². The van der Waals surface area contributed by atoms with E-state index in [0.717, 1.165) is 41.6 Å². The standard InChI is InChI=1S/C23H22N6O2/c30-21(12-20-17-5-1-2-6-18(17)23(31)28-26-20)29-11-3-4-16(14-29)22-19(13-25-27-22)15-7-9-24-10-8-15/h1-2,5-10,13,16H,3-4,11-12,14H2,(H,25,27)(H,28,31)/t16-/m1/s1. The number of piperidine rings is 1. The maximum absolute atomic E-state index is 13.1. The number of likely N-dealkylation sites (tertiary alicyclic amines) is 1. The average molecular weight is 414 g/mol. The number of rotatable bonds is 4. The van der Waals surface area contributed by atoms with Crippen molar-refractivity contribution in [2.24, 2.45) is 0 Å². The molecule has 0 spiro atoms. The van der Waals surface area contributed by atoms with Gasteiger partial charge in [0.25, 0.3) is 5.56 Å². The Labute approximate surface area is 178 Å². The number of amides is 1. The molecule has 3 aromatic heterocycles. The molecule has 2 N–H and O–H groups in total. The van der Waals surface area contributed by atoms with Crippen LogP contribution in [0, 0.1) is 0 Å². The molecule has 1 aliphatic heterocycles. The Bertz CT molecular complexity index is 1280. The molecule has 0 bridgehead atoms. The first-order valence-electron chi connectivity index (χ1n) is 10.4. The number of aromatic nitrogens is 5. The van der Waals surface area contributed by atoms with Crippen LogP contribution in [-0.4, -0.2) is 49.3 Å². The van der Waals surface area contributed by atoms with Crippen molar-refractivity contribution in [2.75, 3.05) is 13.1 Å². The lowest BCUT2D eigenvalue weighted by Crippen LogP contribution is -2.40. The first-order chi connectivity index (χ1) is 15.2. The first-order valence-corrected chi connectivity index (χ1v) is 10.4. The van der Waals surface area contributed by atoms with Gasteiger partial charge < -0.3 is 4.90 Å². The summed E-state index contributed by atoms with van der Waals surface area (Å²) in [5.74, 6) is 0.197. The van der Waals surface area contributed by atoms with Crippen LogP contribution in [-0.2, 0) is 11.2 Å². The highest BCUT2D eigenvalue weighted by Gasteiger charge is 2.28. The van der Waals surface area contributed by atoms with E-state index < -0.39 is 0 Å². The van der Waals surface area contributed by atoms with Gasteiger partial charge in [0.05, 0.1) is 23.7 Å². The minimum Gasteiger partial charge on any atom is -0.342 e. The van der Waals surface area contributed by atoms with Crippen molar-refractivity contribution in [1.29, 1.82) is 0 Å². The smallest absolute Gasteiger partial charge is 0.272 e. The van der Waals surface area contributed by atoms with Gasteiger partial charge in [0.1, 0.15) is 0 Å². The van der Waals surface area contributed by atoms with E-state index in [4.69, 9.17) is 0 Å². The van der Waals surface area contributed by atoms with Gasteiger partial charge in [-0.05, 0) is 36.6 Å². The molecule has 8 heteroatoms. The zero-order chi connectivity index (χ0) is 21.2. The fraction of sp³-hybridized carbons (Fsp3) is 0.261. The van der Waals surface area contributed by atoms with Crippen molar-refractivity contribution in [3.8, 4) is 11.1 Å². The van der Waals surface area contributed by atoms with Crippen LogP contribution in [0.3, 0.4) is 0 Å².